The minimum absolute atomic E-state index is 0.168. The van der Waals surface area contributed by atoms with E-state index in [2.05, 4.69) is 10.4 Å². The first-order valence-electron chi connectivity index (χ1n) is 6.60. The van der Waals surface area contributed by atoms with Gasteiger partial charge in [0.2, 0.25) is 5.91 Å². The Hall–Kier alpha value is -2.21. The summed E-state index contributed by atoms with van der Waals surface area (Å²) in [5, 5.41) is 7.12. The number of hydrogen-bond acceptors (Lipinski definition) is 3. The minimum Gasteiger partial charge on any atom is -0.392 e. The first-order valence-corrected chi connectivity index (χ1v) is 7.01. The van der Waals surface area contributed by atoms with Crippen molar-refractivity contribution in [3.63, 3.8) is 0 Å². The Labute approximate surface area is 129 Å². The SMILES string of the molecule is Cc1nn(C)cc1CNC(=O)C(C(N)=S)c1ccccc1. The minimum atomic E-state index is -0.613. The Morgan fingerprint density at radius 1 is 1.43 bits per heavy atom. The molecule has 21 heavy (non-hydrogen) atoms. The second kappa shape index (κ2) is 6.49. The molecule has 110 valence electrons. The van der Waals surface area contributed by atoms with Crippen molar-refractivity contribution in [2.45, 2.75) is 19.4 Å². The molecule has 1 unspecified atom stereocenters. The Kier molecular flexibility index (Phi) is 4.70. The summed E-state index contributed by atoms with van der Waals surface area (Å²) in [5.74, 6) is -0.810. The molecule has 0 fully saturated rings. The van der Waals surface area contributed by atoms with Gasteiger partial charge in [0.1, 0.15) is 5.92 Å². The lowest BCUT2D eigenvalue weighted by Crippen LogP contribution is -2.35. The van der Waals surface area contributed by atoms with Gasteiger partial charge in [-0.2, -0.15) is 5.10 Å². The second-order valence-corrected chi connectivity index (χ2v) is 5.35. The lowest BCUT2D eigenvalue weighted by molar-refractivity contribution is -0.121. The summed E-state index contributed by atoms with van der Waals surface area (Å²) in [4.78, 5) is 12.5. The Morgan fingerprint density at radius 3 is 2.62 bits per heavy atom. The van der Waals surface area contributed by atoms with Gasteiger partial charge in [0.15, 0.2) is 0 Å². The van der Waals surface area contributed by atoms with E-state index < -0.39 is 5.92 Å². The number of aromatic nitrogens is 2. The second-order valence-electron chi connectivity index (χ2n) is 4.88. The normalized spacial score (nSPS) is 11.9. The molecule has 2 rings (SSSR count). The van der Waals surface area contributed by atoms with Crippen molar-refractivity contribution in [3.8, 4) is 0 Å². The number of rotatable bonds is 5. The highest BCUT2D eigenvalue weighted by atomic mass is 32.1. The average molecular weight is 302 g/mol. The number of amides is 1. The molecule has 0 aliphatic heterocycles. The van der Waals surface area contributed by atoms with Crippen LogP contribution in [-0.4, -0.2) is 20.7 Å². The van der Waals surface area contributed by atoms with Gasteiger partial charge in [-0.1, -0.05) is 42.5 Å². The molecule has 1 aromatic heterocycles. The molecule has 3 N–H and O–H groups in total. The van der Waals surface area contributed by atoms with Crippen LogP contribution in [0.4, 0.5) is 0 Å². The largest absolute Gasteiger partial charge is 0.392 e. The highest BCUT2D eigenvalue weighted by molar-refractivity contribution is 7.80. The number of thiocarbonyl (C=S) groups is 1. The van der Waals surface area contributed by atoms with E-state index in [9.17, 15) is 4.79 Å². The monoisotopic (exact) mass is 302 g/mol. The number of carbonyl (C=O) groups excluding carboxylic acids is 1. The summed E-state index contributed by atoms with van der Waals surface area (Å²) in [6.45, 7) is 2.31. The molecule has 6 heteroatoms. The number of carbonyl (C=O) groups is 1. The van der Waals surface area contributed by atoms with Gasteiger partial charge in [-0.3, -0.25) is 9.48 Å². The summed E-state index contributed by atoms with van der Waals surface area (Å²) >= 11 is 5.04. The Balaban J connectivity index is 2.10. The van der Waals surface area contributed by atoms with Crippen LogP contribution >= 0.6 is 12.2 Å². The van der Waals surface area contributed by atoms with Crippen LogP contribution in [0.5, 0.6) is 0 Å². The van der Waals surface area contributed by atoms with E-state index in [1.165, 1.54) is 0 Å². The summed E-state index contributed by atoms with van der Waals surface area (Å²) in [5.41, 5.74) is 8.39. The summed E-state index contributed by atoms with van der Waals surface area (Å²) in [7, 11) is 1.85. The van der Waals surface area contributed by atoms with E-state index in [1.807, 2.05) is 50.5 Å². The molecule has 0 saturated carbocycles. The summed E-state index contributed by atoms with van der Waals surface area (Å²) < 4.78 is 1.72. The lowest BCUT2D eigenvalue weighted by Gasteiger charge is -2.15. The summed E-state index contributed by atoms with van der Waals surface area (Å²) in [6, 6.07) is 9.30. The fraction of sp³-hybridized carbons (Fsp3) is 0.267. The van der Waals surface area contributed by atoms with Crippen molar-refractivity contribution in [3.05, 3.63) is 53.3 Å². The van der Waals surface area contributed by atoms with E-state index >= 15 is 0 Å². The molecule has 2 aromatic rings. The van der Waals surface area contributed by atoms with Crippen molar-refractivity contribution in [1.29, 1.82) is 0 Å². The predicted molar refractivity (Wildman–Crippen MR) is 85.8 cm³/mol. The van der Waals surface area contributed by atoms with Crippen LogP contribution < -0.4 is 11.1 Å². The fourth-order valence-electron chi connectivity index (χ4n) is 2.20. The van der Waals surface area contributed by atoms with Crippen molar-refractivity contribution >= 4 is 23.1 Å². The molecule has 1 amide bonds. The topological polar surface area (TPSA) is 72.9 Å². The third-order valence-corrected chi connectivity index (χ3v) is 3.48. The molecule has 0 radical (unpaired) electrons. The molecule has 1 aromatic carbocycles. The third kappa shape index (κ3) is 3.66. The zero-order valence-corrected chi connectivity index (χ0v) is 12.9. The lowest BCUT2D eigenvalue weighted by atomic mass is 9.98. The molecule has 0 saturated heterocycles. The van der Waals surface area contributed by atoms with Crippen LogP contribution in [0.3, 0.4) is 0 Å². The maximum absolute atomic E-state index is 12.4. The standard InChI is InChI=1S/C15H18N4OS/c1-10-12(9-19(2)18-10)8-17-15(20)13(14(16)21)11-6-4-3-5-7-11/h3-7,9,13H,8H2,1-2H3,(H2,16,21)(H,17,20). The fourth-order valence-corrected chi connectivity index (χ4v) is 2.44. The first-order chi connectivity index (χ1) is 9.99. The van der Waals surface area contributed by atoms with Gasteiger partial charge in [-0.05, 0) is 12.5 Å². The number of hydrogen-bond donors (Lipinski definition) is 2. The van der Waals surface area contributed by atoms with Crippen molar-refractivity contribution < 1.29 is 4.79 Å². The maximum Gasteiger partial charge on any atom is 0.234 e. The van der Waals surface area contributed by atoms with Crippen molar-refractivity contribution in [1.82, 2.24) is 15.1 Å². The van der Waals surface area contributed by atoms with Crippen LogP contribution in [0.2, 0.25) is 0 Å². The van der Waals surface area contributed by atoms with E-state index in [1.54, 1.807) is 4.68 Å². The summed E-state index contributed by atoms with van der Waals surface area (Å²) in [6.07, 6.45) is 1.88. The maximum atomic E-state index is 12.4. The van der Waals surface area contributed by atoms with Crippen LogP contribution in [0.25, 0.3) is 0 Å². The quantitative estimate of drug-likeness (QED) is 0.819. The Bertz CT molecular complexity index is 651. The molecule has 0 aliphatic rings. The number of nitrogens with two attached hydrogens (primary N) is 1. The smallest absolute Gasteiger partial charge is 0.234 e. The van der Waals surface area contributed by atoms with E-state index in [0.717, 1.165) is 16.8 Å². The third-order valence-electron chi connectivity index (χ3n) is 3.25. The molecular weight excluding hydrogens is 284 g/mol. The number of nitrogens with zero attached hydrogens (tertiary/aromatic N) is 2. The molecule has 0 spiro atoms. The Morgan fingerprint density at radius 2 is 2.10 bits per heavy atom. The van der Waals surface area contributed by atoms with Crippen LogP contribution in [0.15, 0.2) is 36.5 Å². The van der Waals surface area contributed by atoms with Crippen LogP contribution in [0, 0.1) is 6.92 Å². The van der Waals surface area contributed by atoms with Gasteiger partial charge in [0.25, 0.3) is 0 Å². The van der Waals surface area contributed by atoms with Crippen LogP contribution in [0.1, 0.15) is 22.7 Å². The van der Waals surface area contributed by atoms with Gasteiger partial charge in [-0.15, -0.1) is 0 Å². The van der Waals surface area contributed by atoms with Crippen molar-refractivity contribution in [2.75, 3.05) is 0 Å². The van der Waals surface area contributed by atoms with Gasteiger partial charge >= 0.3 is 0 Å². The van der Waals surface area contributed by atoms with E-state index in [-0.39, 0.29) is 10.9 Å². The number of nitrogens with one attached hydrogen (secondary N) is 1. The molecule has 1 atom stereocenters. The zero-order valence-electron chi connectivity index (χ0n) is 12.0. The first kappa shape index (κ1) is 15.2. The molecule has 1 heterocycles. The highest BCUT2D eigenvalue weighted by Crippen LogP contribution is 2.16. The zero-order chi connectivity index (χ0) is 15.4. The van der Waals surface area contributed by atoms with E-state index in [4.69, 9.17) is 18.0 Å². The predicted octanol–water partition coefficient (Wildman–Crippen LogP) is 1.41. The van der Waals surface area contributed by atoms with Gasteiger partial charge < -0.3 is 11.1 Å². The molecular formula is C15H18N4OS. The van der Waals surface area contributed by atoms with Gasteiger partial charge in [0.05, 0.1) is 10.7 Å². The average Bonchev–Trinajstić information content (AvgIpc) is 2.75. The van der Waals surface area contributed by atoms with Crippen LogP contribution in [-0.2, 0) is 18.4 Å². The highest BCUT2D eigenvalue weighted by Gasteiger charge is 2.23. The van der Waals surface area contributed by atoms with Crippen molar-refractivity contribution in [2.24, 2.45) is 12.8 Å². The van der Waals surface area contributed by atoms with Gasteiger partial charge in [0, 0.05) is 25.4 Å². The van der Waals surface area contributed by atoms with E-state index in [0.29, 0.717) is 6.54 Å². The molecule has 0 bridgehead atoms. The molecule has 5 nitrogen and oxygen atoms in total. The van der Waals surface area contributed by atoms with Gasteiger partial charge in [-0.25, -0.2) is 0 Å². The number of benzene rings is 1. The number of aryl methyl sites for hydroxylation is 2. The molecule has 0 aliphatic carbocycles.